The third kappa shape index (κ3) is 4.32. The maximum absolute atomic E-state index is 12.4. The van der Waals surface area contributed by atoms with Gasteiger partial charge < -0.3 is 10.2 Å². The Hall–Kier alpha value is -1.40. The van der Waals surface area contributed by atoms with Gasteiger partial charge in [-0.15, -0.1) is 11.3 Å². The summed E-state index contributed by atoms with van der Waals surface area (Å²) in [5, 5.41) is 5.29. The van der Waals surface area contributed by atoms with E-state index >= 15 is 0 Å². The molecule has 1 N–H and O–H groups in total. The Morgan fingerprint density at radius 1 is 1.30 bits per heavy atom. The molecule has 0 radical (unpaired) electrons. The molecule has 0 spiro atoms. The van der Waals surface area contributed by atoms with Crippen molar-refractivity contribution >= 4 is 23.2 Å². The van der Waals surface area contributed by atoms with Crippen LogP contribution >= 0.6 is 11.3 Å². The molecule has 1 aromatic heterocycles. The summed E-state index contributed by atoms with van der Waals surface area (Å²) in [4.78, 5) is 29.7. The van der Waals surface area contributed by atoms with Crippen LogP contribution in [0.15, 0.2) is 17.5 Å². The second-order valence-electron chi connectivity index (χ2n) is 6.64. The zero-order valence-corrected chi connectivity index (χ0v) is 14.5. The van der Waals surface area contributed by atoms with Crippen LogP contribution < -0.4 is 5.32 Å². The van der Waals surface area contributed by atoms with Gasteiger partial charge in [0.25, 0.3) is 0 Å². The van der Waals surface area contributed by atoms with Crippen LogP contribution in [-0.2, 0) is 16.1 Å². The van der Waals surface area contributed by atoms with Crippen molar-refractivity contribution in [3.8, 4) is 0 Å². The SMILES string of the molecule is CN1CC[C@@H](C(=O)NC2CCN(Cc3cccs3)CC2)CC1=O. The van der Waals surface area contributed by atoms with Gasteiger partial charge in [-0.1, -0.05) is 6.07 Å². The molecule has 3 rings (SSSR count). The first-order valence-corrected chi connectivity index (χ1v) is 9.29. The van der Waals surface area contributed by atoms with Crippen LogP contribution in [0.4, 0.5) is 0 Å². The Labute approximate surface area is 141 Å². The summed E-state index contributed by atoms with van der Waals surface area (Å²) in [6.07, 6.45) is 3.14. The van der Waals surface area contributed by atoms with Crippen molar-refractivity contribution < 1.29 is 9.59 Å². The number of nitrogens with one attached hydrogen (secondary N) is 1. The van der Waals surface area contributed by atoms with Gasteiger partial charge in [0.1, 0.15) is 0 Å². The van der Waals surface area contributed by atoms with Gasteiger partial charge in [-0.3, -0.25) is 14.5 Å². The lowest BCUT2D eigenvalue weighted by Gasteiger charge is -2.34. The van der Waals surface area contributed by atoms with Crippen molar-refractivity contribution in [1.82, 2.24) is 15.1 Å². The molecule has 0 bridgehead atoms. The summed E-state index contributed by atoms with van der Waals surface area (Å²) < 4.78 is 0. The molecule has 2 aliphatic heterocycles. The molecular weight excluding hydrogens is 310 g/mol. The molecule has 0 unspecified atom stereocenters. The maximum atomic E-state index is 12.4. The molecule has 2 amide bonds. The molecule has 1 aromatic rings. The average Bonchev–Trinajstić information content (AvgIpc) is 3.05. The molecule has 5 nitrogen and oxygen atoms in total. The standard InChI is InChI=1S/C17H25N3O2S/c1-19-7-4-13(11-16(19)21)17(22)18-14-5-8-20(9-6-14)12-15-3-2-10-23-15/h2-3,10,13-14H,4-9,11-12H2,1H3,(H,18,22)/t13-/m1/s1. The minimum atomic E-state index is -0.136. The Bertz CT molecular complexity index is 538. The number of piperidine rings is 2. The van der Waals surface area contributed by atoms with E-state index in [0.717, 1.165) is 38.9 Å². The third-order valence-corrected chi connectivity index (χ3v) is 5.79. The monoisotopic (exact) mass is 335 g/mol. The number of rotatable bonds is 4. The van der Waals surface area contributed by atoms with E-state index in [1.807, 2.05) is 0 Å². The van der Waals surface area contributed by atoms with Crippen LogP contribution in [-0.4, -0.2) is 54.3 Å². The van der Waals surface area contributed by atoms with Crippen LogP contribution in [0, 0.1) is 5.92 Å². The van der Waals surface area contributed by atoms with Crippen molar-refractivity contribution in [2.24, 2.45) is 5.92 Å². The molecule has 2 aliphatic rings. The van der Waals surface area contributed by atoms with Gasteiger partial charge in [0.05, 0.1) is 0 Å². The molecule has 0 saturated carbocycles. The molecule has 23 heavy (non-hydrogen) atoms. The number of carbonyl (C=O) groups is 2. The quantitative estimate of drug-likeness (QED) is 0.911. The summed E-state index contributed by atoms with van der Waals surface area (Å²) in [6, 6.07) is 4.53. The minimum absolute atomic E-state index is 0.0724. The Kier molecular flexibility index (Phi) is 5.33. The second kappa shape index (κ2) is 7.45. The number of nitrogens with zero attached hydrogens (tertiary/aromatic N) is 2. The lowest BCUT2D eigenvalue weighted by atomic mass is 9.94. The molecule has 1 atom stereocenters. The van der Waals surface area contributed by atoms with Crippen molar-refractivity contribution in [1.29, 1.82) is 0 Å². The third-order valence-electron chi connectivity index (χ3n) is 4.92. The van der Waals surface area contributed by atoms with Gasteiger partial charge in [-0.25, -0.2) is 0 Å². The summed E-state index contributed by atoms with van der Waals surface area (Å²) in [6.45, 7) is 3.75. The lowest BCUT2D eigenvalue weighted by Crippen LogP contribution is -2.48. The lowest BCUT2D eigenvalue weighted by molar-refractivity contribution is -0.139. The van der Waals surface area contributed by atoms with E-state index < -0.39 is 0 Å². The van der Waals surface area contributed by atoms with Crippen LogP contribution in [0.3, 0.4) is 0 Å². The molecule has 6 heteroatoms. The first-order valence-electron chi connectivity index (χ1n) is 8.41. The number of hydrogen-bond donors (Lipinski definition) is 1. The normalized spacial score (nSPS) is 24.0. The highest BCUT2D eigenvalue weighted by molar-refractivity contribution is 7.09. The van der Waals surface area contributed by atoms with Gasteiger partial charge in [-0.05, 0) is 30.7 Å². The number of likely N-dealkylation sites (tertiary alicyclic amines) is 2. The highest BCUT2D eigenvalue weighted by Crippen LogP contribution is 2.20. The fraction of sp³-hybridized carbons (Fsp3) is 0.647. The van der Waals surface area contributed by atoms with E-state index in [2.05, 4.69) is 27.7 Å². The van der Waals surface area contributed by atoms with E-state index in [9.17, 15) is 9.59 Å². The summed E-state index contributed by atoms with van der Waals surface area (Å²) >= 11 is 1.80. The summed E-state index contributed by atoms with van der Waals surface area (Å²) in [7, 11) is 1.81. The predicted octanol–water partition coefficient (Wildman–Crippen LogP) is 1.70. The molecular formula is C17H25N3O2S. The first-order chi connectivity index (χ1) is 11.1. The molecule has 3 heterocycles. The van der Waals surface area contributed by atoms with Gasteiger partial charge in [-0.2, -0.15) is 0 Å². The van der Waals surface area contributed by atoms with E-state index in [-0.39, 0.29) is 23.8 Å². The van der Waals surface area contributed by atoms with E-state index in [0.29, 0.717) is 13.0 Å². The fourth-order valence-corrected chi connectivity index (χ4v) is 4.09. The predicted molar refractivity (Wildman–Crippen MR) is 91.1 cm³/mol. The Morgan fingerprint density at radius 2 is 2.09 bits per heavy atom. The maximum Gasteiger partial charge on any atom is 0.223 e. The molecule has 2 fully saturated rings. The second-order valence-corrected chi connectivity index (χ2v) is 7.68. The number of thiophene rings is 1. The van der Waals surface area contributed by atoms with Crippen LogP contribution in [0.1, 0.15) is 30.6 Å². The summed E-state index contributed by atoms with van der Waals surface area (Å²) in [5.74, 6) is 0.0215. The smallest absolute Gasteiger partial charge is 0.223 e. The van der Waals surface area contributed by atoms with Crippen molar-refractivity contribution in [3.63, 3.8) is 0 Å². The van der Waals surface area contributed by atoms with Crippen LogP contribution in [0.25, 0.3) is 0 Å². The van der Waals surface area contributed by atoms with Gasteiger partial charge in [0, 0.05) is 56.5 Å². The molecule has 0 aromatic carbocycles. The average molecular weight is 335 g/mol. The minimum Gasteiger partial charge on any atom is -0.353 e. The summed E-state index contributed by atoms with van der Waals surface area (Å²) in [5.41, 5.74) is 0. The zero-order valence-electron chi connectivity index (χ0n) is 13.7. The zero-order chi connectivity index (χ0) is 16.2. The molecule has 126 valence electrons. The number of amides is 2. The van der Waals surface area contributed by atoms with Gasteiger partial charge in [0.2, 0.25) is 11.8 Å². The van der Waals surface area contributed by atoms with Crippen LogP contribution in [0.5, 0.6) is 0 Å². The number of hydrogen-bond acceptors (Lipinski definition) is 4. The highest BCUT2D eigenvalue weighted by Gasteiger charge is 2.30. The van der Waals surface area contributed by atoms with Gasteiger partial charge in [0.15, 0.2) is 0 Å². The fourth-order valence-electron chi connectivity index (χ4n) is 3.34. The van der Waals surface area contributed by atoms with Crippen molar-refractivity contribution in [3.05, 3.63) is 22.4 Å². The van der Waals surface area contributed by atoms with Crippen molar-refractivity contribution in [2.45, 2.75) is 38.3 Å². The molecule has 2 saturated heterocycles. The van der Waals surface area contributed by atoms with E-state index in [4.69, 9.17) is 0 Å². The van der Waals surface area contributed by atoms with E-state index in [1.54, 1.807) is 23.3 Å². The van der Waals surface area contributed by atoms with Crippen molar-refractivity contribution in [2.75, 3.05) is 26.7 Å². The van der Waals surface area contributed by atoms with Gasteiger partial charge >= 0.3 is 0 Å². The number of carbonyl (C=O) groups excluding carboxylic acids is 2. The van der Waals surface area contributed by atoms with E-state index in [1.165, 1.54) is 4.88 Å². The topological polar surface area (TPSA) is 52.7 Å². The Morgan fingerprint density at radius 3 is 2.74 bits per heavy atom. The highest BCUT2D eigenvalue weighted by atomic mass is 32.1. The van der Waals surface area contributed by atoms with Crippen LogP contribution in [0.2, 0.25) is 0 Å². The molecule has 0 aliphatic carbocycles. The largest absolute Gasteiger partial charge is 0.353 e. The Balaban J connectivity index is 1.41. The first kappa shape index (κ1) is 16.5.